The van der Waals surface area contributed by atoms with Crippen LogP contribution < -0.4 is 10.6 Å². The number of likely N-dealkylation sites (N-methyl/N-ethyl adjacent to an activating group) is 2. The second-order valence-corrected chi connectivity index (χ2v) is 12.7. The molecule has 0 unspecified atom stereocenters. The molecule has 0 radical (unpaired) electrons. The molecule has 45 heavy (non-hydrogen) atoms. The molecular formula is C37H54N4O4. The van der Waals surface area contributed by atoms with Crippen molar-refractivity contribution >= 4 is 17.7 Å². The molecule has 3 amide bonds. The number of hydrogen-bond acceptors (Lipinski definition) is 5. The van der Waals surface area contributed by atoms with E-state index < -0.39 is 24.0 Å². The smallest absolute Gasteiger partial charge is 0.246 e. The summed E-state index contributed by atoms with van der Waals surface area (Å²) in [5, 5.41) is 17.0. The van der Waals surface area contributed by atoms with Gasteiger partial charge < -0.3 is 25.5 Å². The second-order valence-electron chi connectivity index (χ2n) is 12.7. The van der Waals surface area contributed by atoms with E-state index in [2.05, 4.69) is 22.5 Å². The van der Waals surface area contributed by atoms with Gasteiger partial charge in [0.1, 0.15) is 6.04 Å². The molecule has 0 saturated heterocycles. The highest BCUT2D eigenvalue weighted by molar-refractivity contribution is 5.91. The molecule has 3 N–H and O–H groups in total. The van der Waals surface area contributed by atoms with Gasteiger partial charge in [-0.25, -0.2) is 0 Å². The summed E-state index contributed by atoms with van der Waals surface area (Å²) in [6, 6.07) is 8.59. The predicted octanol–water partition coefficient (Wildman–Crippen LogP) is 4.14. The van der Waals surface area contributed by atoms with Gasteiger partial charge in [0.25, 0.3) is 0 Å². The number of terminal acetylenes is 2. The summed E-state index contributed by atoms with van der Waals surface area (Å²) in [4.78, 5) is 44.3. The van der Waals surface area contributed by atoms with Gasteiger partial charge >= 0.3 is 0 Å². The Balaban J connectivity index is 2.26. The largest absolute Gasteiger partial charge is 0.387 e. The van der Waals surface area contributed by atoms with E-state index in [-0.39, 0.29) is 37.0 Å². The number of benzene rings is 1. The highest BCUT2D eigenvalue weighted by atomic mass is 16.3. The Labute approximate surface area is 271 Å². The Morgan fingerprint density at radius 2 is 1.71 bits per heavy atom. The Morgan fingerprint density at radius 3 is 2.33 bits per heavy atom. The van der Waals surface area contributed by atoms with Gasteiger partial charge in [-0.2, -0.15) is 0 Å². The first kappa shape index (κ1) is 37.6. The summed E-state index contributed by atoms with van der Waals surface area (Å²) < 4.78 is 0. The van der Waals surface area contributed by atoms with Crippen LogP contribution in [0.2, 0.25) is 0 Å². The predicted molar refractivity (Wildman–Crippen MR) is 180 cm³/mol. The van der Waals surface area contributed by atoms with Crippen LogP contribution in [0.15, 0.2) is 42.1 Å². The van der Waals surface area contributed by atoms with Crippen LogP contribution in [0.1, 0.15) is 76.7 Å². The number of carbonyl (C=O) groups excluding carboxylic acids is 3. The first-order valence-corrected chi connectivity index (χ1v) is 16.3. The van der Waals surface area contributed by atoms with Crippen molar-refractivity contribution in [3.8, 4) is 24.7 Å². The van der Waals surface area contributed by atoms with Gasteiger partial charge in [-0.3, -0.25) is 14.4 Å². The Kier molecular flexibility index (Phi) is 17.1. The maximum atomic E-state index is 13.8. The Hall–Kier alpha value is -3.59. The van der Waals surface area contributed by atoms with Crippen LogP contribution in [0.3, 0.4) is 0 Å². The number of rotatable bonds is 18. The van der Waals surface area contributed by atoms with E-state index in [1.165, 1.54) is 19.3 Å². The minimum absolute atomic E-state index is 0.00297. The van der Waals surface area contributed by atoms with Gasteiger partial charge in [-0.15, -0.1) is 24.7 Å². The lowest BCUT2D eigenvalue weighted by Gasteiger charge is -2.27. The van der Waals surface area contributed by atoms with Crippen molar-refractivity contribution in [3.63, 3.8) is 0 Å². The van der Waals surface area contributed by atoms with Gasteiger partial charge in [0, 0.05) is 45.1 Å². The molecule has 0 heterocycles. The molecule has 8 nitrogen and oxygen atoms in total. The third-order valence-electron chi connectivity index (χ3n) is 8.60. The van der Waals surface area contributed by atoms with Crippen LogP contribution in [0.5, 0.6) is 0 Å². The topological polar surface area (TPSA) is 102 Å². The molecule has 1 aliphatic carbocycles. The third kappa shape index (κ3) is 13.9. The maximum absolute atomic E-state index is 13.8. The van der Waals surface area contributed by atoms with E-state index >= 15 is 0 Å². The number of carbonyl (C=O) groups is 3. The number of nitrogens with one attached hydrogen (secondary N) is 2. The summed E-state index contributed by atoms with van der Waals surface area (Å²) >= 11 is 0. The van der Waals surface area contributed by atoms with Crippen molar-refractivity contribution in [2.75, 3.05) is 34.2 Å². The molecule has 8 heteroatoms. The molecule has 1 aromatic rings. The molecule has 0 aliphatic heterocycles. The fourth-order valence-electron chi connectivity index (χ4n) is 5.58. The molecule has 4 atom stereocenters. The molecule has 246 valence electrons. The van der Waals surface area contributed by atoms with Gasteiger partial charge in [-0.1, -0.05) is 75.4 Å². The summed E-state index contributed by atoms with van der Waals surface area (Å²) in [7, 11) is 5.62. The molecule has 1 aliphatic rings. The van der Waals surface area contributed by atoms with Gasteiger partial charge in [0.15, 0.2) is 0 Å². The molecular weight excluding hydrogens is 564 g/mol. The summed E-state index contributed by atoms with van der Waals surface area (Å²) in [5.74, 6) is 3.72. The number of amides is 3. The van der Waals surface area contributed by atoms with E-state index in [9.17, 15) is 19.5 Å². The molecule has 0 bridgehead atoms. The first-order chi connectivity index (χ1) is 21.5. The second kappa shape index (κ2) is 20.4. The van der Waals surface area contributed by atoms with Crippen molar-refractivity contribution in [2.24, 2.45) is 17.8 Å². The zero-order chi connectivity index (χ0) is 33.2. The molecule has 2 rings (SSSR count). The zero-order valence-electron chi connectivity index (χ0n) is 27.8. The monoisotopic (exact) mass is 618 g/mol. The number of hydrogen-bond donors (Lipinski definition) is 3. The summed E-state index contributed by atoms with van der Waals surface area (Å²) in [6.07, 6.45) is 19.8. The highest BCUT2D eigenvalue weighted by Gasteiger charge is 2.30. The van der Waals surface area contributed by atoms with Gasteiger partial charge in [-0.05, 0) is 50.8 Å². The fraction of sp³-hybridized carbons (Fsp3) is 0.595. The quantitative estimate of drug-likeness (QED) is 0.215. The standard InChI is InChI=1S/C37H54N4O4/c1-7-9-21-33(37(45)38-32(35(43)28(3)16-8-2)23-22-29-17-12-10-13-18-29)39-36(44)31(26-30-19-14-11-15-20-30)27-34(42)41(6)25-24-40(4)5/h1-2,11,14-15,19-20,23,28-29,31,33,35,43H,9-10,12-13,16-18,21-22,24-27H2,3-6H3,(H,38,45)(H,39,44)/t28-,31+,33-,35-/m0/s1. The molecule has 0 aromatic heterocycles. The molecule has 1 saturated carbocycles. The normalized spacial score (nSPS) is 16.5. The average molecular weight is 619 g/mol. The number of aliphatic hydroxyl groups excluding tert-OH is 1. The lowest BCUT2D eigenvalue weighted by molar-refractivity contribution is -0.136. The van der Waals surface area contributed by atoms with Crippen molar-refractivity contribution < 1.29 is 19.5 Å². The molecule has 1 aromatic carbocycles. The number of nitrogens with zero attached hydrogens (tertiary/aromatic N) is 2. The van der Waals surface area contributed by atoms with E-state index in [0.717, 1.165) is 24.8 Å². The summed E-state index contributed by atoms with van der Waals surface area (Å²) in [6.45, 7) is 3.09. The van der Waals surface area contributed by atoms with Crippen molar-refractivity contribution in [3.05, 3.63) is 47.7 Å². The molecule has 1 fully saturated rings. The van der Waals surface area contributed by atoms with Gasteiger partial charge in [0.05, 0.1) is 12.0 Å². The van der Waals surface area contributed by atoms with Gasteiger partial charge in [0.2, 0.25) is 17.7 Å². The zero-order valence-corrected chi connectivity index (χ0v) is 27.8. The molecule has 0 spiro atoms. The first-order valence-electron chi connectivity index (χ1n) is 16.3. The van der Waals surface area contributed by atoms with Crippen LogP contribution in [-0.4, -0.2) is 79.0 Å². The van der Waals surface area contributed by atoms with E-state index in [1.807, 2.05) is 62.3 Å². The third-order valence-corrected chi connectivity index (χ3v) is 8.60. The van der Waals surface area contributed by atoms with Crippen molar-refractivity contribution in [1.82, 2.24) is 20.4 Å². The van der Waals surface area contributed by atoms with Crippen LogP contribution in [0, 0.1) is 42.4 Å². The maximum Gasteiger partial charge on any atom is 0.246 e. The van der Waals surface area contributed by atoms with E-state index in [0.29, 0.717) is 37.5 Å². The number of aliphatic hydroxyl groups is 1. The van der Waals surface area contributed by atoms with Crippen molar-refractivity contribution in [1.29, 1.82) is 0 Å². The SMILES string of the molecule is C#CCC[C@H](NC(=O)[C@@H](CC(=O)N(C)CCN(C)C)Cc1ccccc1)C(=O)NC(=CCC1CCCCC1)[C@@H](O)[C@@H](C)CC#C. The van der Waals surface area contributed by atoms with Crippen molar-refractivity contribution in [2.45, 2.75) is 89.7 Å². The Morgan fingerprint density at radius 1 is 1.02 bits per heavy atom. The summed E-state index contributed by atoms with van der Waals surface area (Å²) in [5.41, 5.74) is 1.33. The minimum atomic E-state index is -0.960. The lowest BCUT2D eigenvalue weighted by atomic mass is 9.86. The van der Waals surface area contributed by atoms with E-state index in [4.69, 9.17) is 12.8 Å². The van der Waals surface area contributed by atoms with Crippen LogP contribution in [0.25, 0.3) is 0 Å². The fourth-order valence-corrected chi connectivity index (χ4v) is 5.58. The highest BCUT2D eigenvalue weighted by Crippen LogP contribution is 2.27. The Bertz CT molecular complexity index is 1180. The van der Waals surface area contributed by atoms with Crippen LogP contribution >= 0.6 is 0 Å². The average Bonchev–Trinajstić information content (AvgIpc) is 3.03. The van der Waals surface area contributed by atoms with Crippen LogP contribution in [0.4, 0.5) is 0 Å². The lowest BCUT2D eigenvalue weighted by Crippen LogP contribution is -2.50. The minimum Gasteiger partial charge on any atom is -0.387 e. The van der Waals surface area contributed by atoms with E-state index in [1.54, 1.807) is 11.9 Å². The number of allylic oxidation sites excluding steroid dienone is 1. The van der Waals surface area contributed by atoms with Crippen LogP contribution in [-0.2, 0) is 20.8 Å².